The van der Waals surface area contributed by atoms with E-state index in [9.17, 15) is 14.4 Å². The molecule has 0 aromatic heterocycles. The summed E-state index contributed by atoms with van der Waals surface area (Å²) in [5.74, 6) is 0.722. The highest BCUT2D eigenvalue weighted by molar-refractivity contribution is 7.99. The van der Waals surface area contributed by atoms with Crippen LogP contribution in [0.15, 0.2) is 42.5 Å². The van der Waals surface area contributed by atoms with Crippen molar-refractivity contribution in [1.82, 2.24) is 10.2 Å². The summed E-state index contributed by atoms with van der Waals surface area (Å²) >= 11 is 1.64. The molecule has 0 saturated carbocycles. The number of benzene rings is 2. The molecule has 0 aliphatic carbocycles. The molecule has 7 heteroatoms. The standard InChI is InChI=1S/C18H17N3O3S/c22-15(19-14-7-3-5-12-4-1-2-6-13(12)14)10-21-16(23)18(20-17(21)24)8-9-25-11-18/h1-7H,8-11H2,(H,19,22)(H,20,24). The van der Waals surface area contributed by atoms with Crippen LogP contribution in [0.4, 0.5) is 10.5 Å². The van der Waals surface area contributed by atoms with Crippen LogP contribution in [0.25, 0.3) is 10.8 Å². The maximum atomic E-state index is 12.6. The van der Waals surface area contributed by atoms with Gasteiger partial charge in [0, 0.05) is 16.8 Å². The molecule has 2 aromatic carbocycles. The van der Waals surface area contributed by atoms with Crippen LogP contribution >= 0.6 is 11.8 Å². The molecule has 0 radical (unpaired) electrons. The second kappa shape index (κ2) is 6.07. The minimum Gasteiger partial charge on any atom is -0.324 e. The normalized spacial score (nSPS) is 22.6. The van der Waals surface area contributed by atoms with E-state index < -0.39 is 11.6 Å². The predicted molar refractivity (Wildman–Crippen MR) is 97.5 cm³/mol. The van der Waals surface area contributed by atoms with Crippen molar-refractivity contribution in [2.24, 2.45) is 0 Å². The lowest BCUT2D eigenvalue weighted by Crippen LogP contribution is -2.47. The van der Waals surface area contributed by atoms with Gasteiger partial charge in [-0.3, -0.25) is 14.5 Å². The van der Waals surface area contributed by atoms with Gasteiger partial charge in [0.1, 0.15) is 12.1 Å². The summed E-state index contributed by atoms with van der Waals surface area (Å²) in [6.07, 6.45) is 0.615. The largest absolute Gasteiger partial charge is 0.325 e. The zero-order valence-electron chi connectivity index (χ0n) is 13.5. The second-order valence-corrected chi connectivity index (χ2v) is 7.39. The molecule has 4 rings (SSSR count). The van der Waals surface area contributed by atoms with Crippen LogP contribution in [0, 0.1) is 0 Å². The van der Waals surface area contributed by atoms with Gasteiger partial charge < -0.3 is 10.6 Å². The third kappa shape index (κ3) is 2.74. The van der Waals surface area contributed by atoms with E-state index in [1.807, 2.05) is 36.4 Å². The van der Waals surface area contributed by atoms with Gasteiger partial charge in [-0.1, -0.05) is 36.4 Å². The molecule has 2 saturated heterocycles. The monoisotopic (exact) mass is 355 g/mol. The van der Waals surface area contributed by atoms with E-state index in [1.54, 1.807) is 17.8 Å². The van der Waals surface area contributed by atoms with Gasteiger partial charge in [0.15, 0.2) is 0 Å². The third-order valence-electron chi connectivity index (χ3n) is 4.63. The number of nitrogens with one attached hydrogen (secondary N) is 2. The van der Waals surface area contributed by atoms with Crippen molar-refractivity contribution >= 4 is 46.1 Å². The molecule has 25 heavy (non-hydrogen) atoms. The fraction of sp³-hybridized carbons (Fsp3) is 0.278. The number of fused-ring (bicyclic) bond motifs is 1. The molecule has 4 amide bonds. The molecular formula is C18H17N3O3S. The van der Waals surface area contributed by atoms with Crippen LogP contribution in [0.2, 0.25) is 0 Å². The van der Waals surface area contributed by atoms with Gasteiger partial charge in [-0.05, 0) is 23.6 Å². The number of carbonyl (C=O) groups is 3. The fourth-order valence-electron chi connectivity index (χ4n) is 3.32. The molecule has 2 aliphatic rings. The summed E-state index contributed by atoms with van der Waals surface area (Å²) in [6.45, 7) is -0.277. The predicted octanol–water partition coefficient (Wildman–Crippen LogP) is 2.21. The van der Waals surface area contributed by atoms with Crippen molar-refractivity contribution in [3.63, 3.8) is 0 Å². The maximum absolute atomic E-state index is 12.6. The summed E-state index contributed by atoms with van der Waals surface area (Å²) < 4.78 is 0. The molecule has 2 fully saturated rings. The van der Waals surface area contributed by atoms with Crippen LogP contribution in [-0.4, -0.2) is 46.3 Å². The Morgan fingerprint density at radius 2 is 2.00 bits per heavy atom. The molecule has 2 aliphatic heterocycles. The van der Waals surface area contributed by atoms with Crippen LogP contribution < -0.4 is 10.6 Å². The number of carbonyl (C=O) groups excluding carboxylic acids is 3. The molecule has 2 aromatic rings. The van der Waals surface area contributed by atoms with E-state index in [2.05, 4.69) is 10.6 Å². The molecule has 6 nitrogen and oxygen atoms in total. The average molecular weight is 355 g/mol. The Labute approximate surface area is 148 Å². The van der Waals surface area contributed by atoms with Gasteiger partial charge >= 0.3 is 6.03 Å². The lowest BCUT2D eigenvalue weighted by Gasteiger charge is -2.19. The third-order valence-corrected chi connectivity index (χ3v) is 5.82. The van der Waals surface area contributed by atoms with Gasteiger partial charge in [0.2, 0.25) is 5.91 Å². The molecule has 2 N–H and O–H groups in total. The first-order chi connectivity index (χ1) is 12.1. The van der Waals surface area contributed by atoms with Gasteiger partial charge in [-0.25, -0.2) is 4.79 Å². The number of anilines is 1. The summed E-state index contributed by atoms with van der Waals surface area (Å²) in [5.41, 5.74) is -0.150. The zero-order valence-corrected chi connectivity index (χ0v) is 14.3. The second-order valence-electron chi connectivity index (χ2n) is 6.28. The van der Waals surface area contributed by atoms with E-state index >= 15 is 0 Å². The van der Waals surface area contributed by atoms with Crippen LogP contribution in [0.3, 0.4) is 0 Å². The number of imide groups is 1. The van der Waals surface area contributed by atoms with E-state index in [4.69, 9.17) is 0 Å². The number of nitrogens with zero attached hydrogens (tertiary/aromatic N) is 1. The van der Waals surface area contributed by atoms with Crippen molar-refractivity contribution < 1.29 is 14.4 Å². The zero-order chi connectivity index (χ0) is 17.4. The van der Waals surface area contributed by atoms with Gasteiger partial charge in [-0.2, -0.15) is 11.8 Å². The number of hydrogen-bond acceptors (Lipinski definition) is 4. The Kier molecular flexibility index (Phi) is 3.88. The Hall–Kier alpha value is -2.54. The molecule has 1 spiro atoms. The van der Waals surface area contributed by atoms with Gasteiger partial charge in [0.25, 0.3) is 5.91 Å². The van der Waals surface area contributed by atoms with Crippen molar-refractivity contribution in [3.05, 3.63) is 42.5 Å². The minimum atomic E-state index is -0.818. The first-order valence-electron chi connectivity index (χ1n) is 8.09. The van der Waals surface area contributed by atoms with E-state index in [-0.39, 0.29) is 18.4 Å². The lowest BCUT2D eigenvalue weighted by atomic mass is 9.99. The highest BCUT2D eigenvalue weighted by Crippen LogP contribution is 2.33. The molecule has 128 valence electrons. The van der Waals surface area contributed by atoms with E-state index in [1.165, 1.54) is 0 Å². The van der Waals surface area contributed by atoms with Crippen molar-refractivity contribution in [3.8, 4) is 0 Å². The van der Waals surface area contributed by atoms with Crippen molar-refractivity contribution in [2.45, 2.75) is 12.0 Å². The van der Waals surface area contributed by atoms with Crippen LogP contribution in [0.1, 0.15) is 6.42 Å². The SMILES string of the molecule is O=C(CN1C(=O)NC2(CCSC2)C1=O)Nc1cccc2ccccc12. The maximum Gasteiger partial charge on any atom is 0.325 e. The molecule has 1 unspecified atom stereocenters. The summed E-state index contributed by atoms with van der Waals surface area (Å²) in [7, 11) is 0. The smallest absolute Gasteiger partial charge is 0.324 e. The Bertz CT molecular complexity index is 872. The first kappa shape index (κ1) is 16.0. The summed E-state index contributed by atoms with van der Waals surface area (Å²) in [5, 5.41) is 7.51. The molecule has 2 heterocycles. The summed E-state index contributed by atoms with van der Waals surface area (Å²) in [6, 6.07) is 12.9. The Balaban J connectivity index is 1.51. The number of rotatable bonds is 3. The van der Waals surface area contributed by atoms with Gasteiger partial charge in [0.05, 0.1) is 0 Å². The highest BCUT2D eigenvalue weighted by atomic mass is 32.2. The highest BCUT2D eigenvalue weighted by Gasteiger charge is 2.53. The molecule has 0 bridgehead atoms. The van der Waals surface area contributed by atoms with Gasteiger partial charge in [-0.15, -0.1) is 0 Å². The topological polar surface area (TPSA) is 78.5 Å². The van der Waals surface area contributed by atoms with E-state index in [0.717, 1.165) is 21.4 Å². The number of urea groups is 1. The lowest BCUT2D eigenvalue weighted by molar-refractivity contribution is -0.133. The Morgan fingerprint density at radius 1 is 1.20 bits per heavy atom. The number of thioether (sulfide) groups is 1. The molecule has 1 atom stereocenters. The molecular weight excluding hydrogens is 338 g/mol. The average Bonchev–Trinajstić information content (AvgIpc) is 3.16. The minimum absolute atomic E-state index is 0.277. The van der Waals surface area contributed by atoms with Crippen LogP contribution in [0.5, 0.6) is 0 Å². The quantitative estimate of drug-likeness (QED) is 0.828. The summed E-state index contributed by atoms with van der Waals surface area (Å²) in [4.78, 5) is 38.2. The fourth-order valence-corrected chi connectivity index (χ4v) is 4.65. The number of amides is 4. The Morgan fingerprint density at radius 3 is 2.80 bits per heavy atom. The number of hydrogen-bond donors (Lipinski definition) is 2. The van der Waals surface area contributed by atoms with Crippen molar-refractivity contribution in [2.75, 3.05) is 23.4 Å². The van der Waals surface area contributed by atoms with Crippen LogP contribution in [-0.2, 0) is 9.59 Å². The first-order valence-corrected chi connectivity index (χ1v) is 9.24. The van der Waals surface area contributed by atoms with E-state index in [0.29, 0.717) is 17.9 Å². The van der Waals surface area contributed by atoms with Crippen molar-refractivity contribution in [1.29, 1.82) is 0 Å².